The SMILES string of the molecule is CO[Si](CCC(CCC(C)S(=O)(=O)O)n1ccnc1)(OC)OC. The minimum absolute atomic E-state index is 0.0222. The van der Waals surface area contributed by atoms with Crippen molar-refractivity contribution in [3.8, 4) is 0 Å². The molecule has 1 N–H and O–H groups in total. The molecule has 0 amide bonds. The van der Waals surface area contributed by atoms with E-state index in [0.717, 1.165) is 0 Å². The van der Waals surface area contributed by atoms with Crippen LogP contribution in [-0.2, 0) is 23.4 Å². The lowest BCUT2D eigenvalue weighted by Crippen LogP contribution is -2.43. The molecule has 8 nitrogen and oxygen atoms in total. The maximum atomic E-state index is 11.2. The summed E-state index contributed by atoms with van der Waals surface area (Å²) in [7, 11) is -2.02. The summed E-state index contributed by atoms with van der Waals surface area (Å²) in [6.45, 7) is 1.50. The molecule has 1 heterocycles. The molecule has 1 aromatic heterocycles. The lowest BCUT2D eigenvalue weighted by atomic mass is 10.1. The quantitative estimate of drug-likeness (QED) is 0.470. The first-order valence-corrected chi connectivity index (χ1v) is 10.8. The molecule has 1 rings (SSSR count). The summed E-state index contributed by atoms with van der Waals surface area (Å²) in [5.41, 5.74) is 0. The van der Waals surface area contributed by atoms with Gasteiger partial charge in [-0.3, -0.25) is 4.55 Å². The average molecular weight is 367 g/mol. The van der Waals surface area contributed by atoms with Crippen LogP contribution in [0.5, 0.6) is 0 Å². The van der Waals surface area contributed by atoms with Gasteiger partial charge in [0.15, 0.2) is 0 Å². The second-order valence-corrected chi connectivity index (χ2v) is 10.3. The van der Waals surface area contributed by atoms with Crippen LogP contribution in [-0.4, -0.2) is 57.9 Å². The third-order valence-electron chi connectivity index (χ3n) is 4.08. The normalized spacial score (nSPS) is 15.5. The van der Waals surface area contributed by atoms with Gasteiger partial charge in [-0.15, -0.1) is 0 Å². The molecule has 0 fully saturated rings. The second-order valence-electron chi connectivity index (χ2n) is 5.40. The number of nitrogens with zero attached hydrogens (tertiary/aromatic N) is 2. The van der Waals surface area contributed by atoms with Gasteiger partial charge in [0.25, 0.3) is 10.1 Å². The Kier molecular flexibility index (Phi) is 7.84. The summed E-state index contributed by atoms with van der Waals surface area (Å²) in [5.74, 6) is 0. The van der Waals surface area contributed by atoms with Gasteiger partial charge in [-0.25, -0.2) is 4.98 Å². The summed E-state index contributed by atoms with van der Waals surface area (Å²) < 4.78 is 49.6. The van der Waals surface area contributed by atoms with Crippen molar-refractivity contribution in [1.82, 2.24) is 9.55 Å². The predicted octanol–water partition coefficient (Wildman–Crippen LogP) is 1.75. The molecule has 0 aliphatic rings. The van der Waals surface area contributed by atoms with E-state index in [1.807, 2.05) is 10.8 Å². The van der Waals surface area contributed by atoms with Crippen molar-refractivity contribution in [3.05, 3.63) is 18.7 Å². The van der Waals surface area contributed by atoms with Gasteiger partial charge in [0.05, 0.1) is 11.6 Å². The van der Waals surface area contributed by atoms with Crippen LogP contribution in [0.3, 0.4) is 0 Å². The van der Waals surface area contributed by atoms with E-state index in [1.165, 1.54) is 6.92 Å². The van der Waals surface area contributed by atoms with Gasteiger partial charge < -0.3 is 17.8 Å². The summed E-state index contributed by atoms with van der Waals surface area (Å²) >= 11 is 0. The van der Waals surface area contributed by atoms with Crippen LogP contribution in [0.25, 0.3) is 0 Å². The van der Waals surface area contributed by atoms with Crippen LogP contribution in [0.2, 0.25) is 6.04 Å². The fourth-order valence-corrected chi connectivity index (χ4v) is 4.64. The zero-order valence-corrected chi connectivity index (χ0v) is 15.8. The molecule has 10 heteroatoms. The van der Waals surface area contributed by atoms with E-state index >= 15 is 0 Å². The Hall–Kier alpha value is -0.783. The largest absolute Gasteiger partial charge is 0.500 e. The summed E-state index contributed by atoms with van der Waals surface area (Å²) in [6.07, 6.45) is 6.82. The summed E-state index contributed by atoms with van der Waals surface area (Å²) in [6, 6.07) is 0.619. The highest BCUT2D eigenvalue weighted by atomic mass is 32.2. The zero-order chi connectivity index (χ0) is 17.5. The maximum Gasteiger partial charge on any atom is 0.500 e. The third kappa shape index (κ3) is 5.97. The number of rotatable bonds is 11. The van der Waals surface area contributed by atoms with E-state index < -0.39 is 24.2 Å². The molecule has 0 bridgehead atoms. The lowest BCUT2D eigenvalue weighted by molar-refractivity contribution is 0.121. The van der Waals surface area contributed by atoms with Gasteiger partial charge in [-0.05, 0) is 26.2 Å². The molecule has 134 valence electrons. The van der Waals surface area contributed by atoms with Crippen LogP contribution in [0.15, 0.2) is 18.7 Å². The van der Waals surface area contributed by atoms with E-state index in [0.29, 0.717) is 25.3 Å². The van der Waals surface area contributed by atoms with E-state index in [9.17, 15) is 8.42 Å². The minimum Gasteiger partial charge on any atom is -0.377 e. The molecule has 2 unspecified atom stereocenters. The highest BCUT2D eigenvalue weighted by Gasteiger charge is 2.38. The van der Waals surface area contributed by atoms with Crippen molar-refractivity contribution in [2.24, 2.45) is 0 Å². The fourth-order valence-electron chi connectivity index (χ4n) is 2.40. The molecular weight excluding hydrogens is 340 g/mol. The van der Waals surface area contributed by atoms with Gasteiger partial charge in [0, 0.05) is 45.8 Å². The summed E-state index contributed by atoms with van der Waals surface area (Å²) in [4.78, 5) is 4.04. The molecule has 0 saturated heterocycles. The maximum absolute atomic E-state index is 11.2. The van der Waals surface area contributed by atoms with E-state index in [-0.39, 0.29) is 6.04 Å². The third-order valence-corrected chi connectivity index (χ3v) is 8.10. The number of hydrogen-bond acceptors (Lipinski definition) is 6. The zero-order valence-electron chi connectivity index (χ0n) is 14.0. The Balaban J connectivity index is 2.75. The van der Waals surface area contributed by atoms with Crippen LogP contribution < -0.4 is 0 Å². The minimum atomic E-state index is -4.01. The highest BCUT2D eigenvalue weighted by Crippen LogP contribution is 2.26. The fraction of sp³-hybridized carbons (Fsp3) is 0.769. The summed E-state index contributed by atoms with van der Waals surface area (Å²) in [5, 5.41) is -0.803. The van der Waals surface area contributed by atoms with Crippen LogP contribution in [0.1, 0.15) is 32.2 Å². The van der Waals surface area contributed by atoms with E-state index in [4.69, 9.17) is 17.8 Å². The van der Waals surface area contributed by atoms with Crippen molar-refractivity contribution in [3.63, 3.8) is 0 Å². The molecule has 2 atom stereocenters. The Morgan fingerprint density at radius 3 is 2.22 bits per heavy atom. The smallest absolute Gasteiger partial charge is 0.377 e. The standard InChI is InChI=1S/C13H26N2O6SSi/c1-12(22(16,17)18)5-6-13(15-9-8-14-11-15)7-10-23(19-2,20-3)21-4/h8-9,11-13H,5-7,10H2,1-4H3,(H,16,17,18). The molecule has 0 aromatic carbocycles. The van der Waals surface area contributed by atoms with Gasteiger partial charge >= 0.3 is 8.80 Å². The molecule has 1 aromatic rings. The topological polar surface area (TPSA) is 99.9 Å². The Morgan fingerprint density at radius 1 is 1.17 bits per heavy atom. The number of aromatic nitrogens is 2. The molecule has 0 aliphatic heterocycles. The van der Waals surface area contributed by atoms with Gasteiger partial charge in [0.1, 0.15) is 0 Å². The molecule has 0 aliphatic carbocycles. The first-order chi connectivity index (χ1) is 10.8. The Morgan fingerprint density at radius 2 is 1.78 bits per heavy atom. The lowest BCUT2D eigenvalue weighted by Gasteiger charge is -2.27. The average Bonchev–Trinajstić information content (AvgIpc) is 3.04. The second kappa shape index (κ2) is 8.90. The Bertz CT molecular complexity index is 539. The number of imidazole rings is 1. The molecule has 23 heavy (non-hydrogen) atoms. The van der Waals surface area contributed by atoms with E-state index in [2.05, 4.69) is 4.98 Å². The van der Waals surface area contributed by atoms with Gasteiger partial charge in [-0.1, -0.05) is 0 Å². The van der Waals surface area contributed by atoms with Crippen LogP contribution >= 0.6 is 0 Å². The molecular formula is C13H26N2O6SSi. The van der Waals surface area contributed by atoms with Crippen molar-refractivity contribution >= 4 is 18.9 Å². The van der Waals surface area contributed by atoms with Gasteiger partial charge in [0.2, 0.25) is 0 Å². The number of hydrogen-bond donors (Lipinski definition) is 1. The van der Waals surface area contributed by atoms with Crippen molar-refractivity contribution in [2.75, 3.05) is 21.3 Å². The first-order valence-electron chi connectivity index (χ1n) is 7.37. The first kappa shape index (κ1) is 20.3. The monoisotopic (exact) mass is 366 g/mol. The van der Waals surface area contributed by atoms with Crippen LogP contribution in [0, 0.1) is 0 Å². The van der Waals surface area contributed by atoms with Crippen molar-refractivity contribution in [2.45, 2.75) is 43.5 Å². The van der Waals surface area contributed by atoms with Gasteiger partial charge in [-0.2, -0.15) is 8.42 Å². The van der Waals surface area contributed by atoms with Crippen molar-refractivity contribution < 1.29 is 26.2 Å². The van der Waals surface area contributed by atoms with E-state index in [1.54, 1.807) is 33.9 Å². The molecule has 0 spiro atoms. The van der Waals surface area contributed by atoms with Crippen molar-refractivity contribution in [1.29, 1.82) is 0 Å². The predicted molar refractivity (Wildman–Crippen MR) is 87.7 cm³/mol. The Labute approximate surface area is 138 Å². The molecule has 0 radical (unpaired) electrons. The molecule has 0 saturated carbocycles. The highest BCUT2D eigenvalue weighted by molar-refractivity contribution is 7.86. The van der Waals surface area contributed by atoms with Crippen LogP contribution in [0.4, 0.5) is 0 Å².